The summed E-state index contributed by atoms with van der Waals surface area (Å²) in [6.45, 7) is 20.9. The van der Waals surface area contributed by atoms with Crippen LogP contribution in [0.5, 0.6) is 5.88 Å². The molecule has 0 aromatic carbocycles. The number of hydrogen-bond donors (Lipinski definition) is 1. The Morgan fingerprint density at radius 2 is 1.78 bits per heavy atom. The number of aromatic nitrogens is 1. The van der Waals surface area contributed by atoms with Gasteiger partial charge in [0.15, 0.2) is 0 Å². The Labute approximate surface area is 166 Å². The van der Waals surface area contributed by atoms with Crippen molar-refractivity contribution in [3.8, 4) is 5.88 Å². The normalized spacial score (nSPS) is 17.3. The molecular weight excluding hydrogens is 336 g/mol. The zero-order valence-corrected chi connectivity index (χ0v) is 18.3. The number of hydrogen-bond acceptors (Lipinski definition) is 5. The average Bonchev–Trinajstić information content (AvgIpc) is 2.64. The Morgan fingerprint density at radius 3 is 2.33 bits per heavy atom. The van der Waals surface area contributed by atoms with Crippen LogP contribution >= 0.6 is 0 Å². The van der Waals surface area contributed by atoms with Gasteiger partial charge in [-0.05, 0) is 53.0 Å². The average molecular weight is 377 g/mol. The van der Waals surface area contributed by atoms with E-state index >= 15 is 0 Å². The summed E-state index contributed by atoms with van der Waals surface area (Å²) in [5.74, 6) is 0.728. The molecule has 0 amide bonds. The molecule has 27 heavy (non-hydrogen) atoms. The molecule has 154 valence electrons. The van der Waals surface area contributed by atoms with Crippen LogP contribution in [0, 0.1) is 0 Å². The maximum absolute atomic E-state index is 5.83. The van der Waals surface area contributed by atoms with Gasteiger partial charge in [0.2, 0.25) is 5.88 Å². The van der Waals surface area contributed by atoms with E-state index < -0.39 is 0 Å². The largest absolute Gasteiger partial charge is 0.478 e. The third kappa shape index (κ3) is 7.76. The molecule has 2 heterocycles. The number of rotatable bonds is 9. The van der Waals surface area contributed by atoms with Gasteiger partial charge in [0.05, 0.1) is 6.61 Å². The van der Waals surface area contributed by atoms with Crippen LogP contribution in [0.2, 0.25) is 0 Å². The lowest BCUT2D eigenvalue weighted by Gasteiger charge is -2.42. The van der Waals surface area contributed by atoms with Crippen molar-refractivity contribution in [2.24, 2.45) is 0 Å². The fourth-order valence-electron chi connectivity index (χ4n) is 3.17. The van der Waals surface area contributed by atoms with Gasteiger partial charge in [-0.1, -0.05) is 13.0 Å². The Balaban J connectivity index is 1.62. The van der Waals surface area contributed by atoms with Crippen LogP contribution < -0.4 is 10.1 Å². The molecular formula is C22H40N4O. The molecule has 0 aliphatic carbocycles. The van der Waals surface area contributed by atoms with Crippen molar-refractivity contribution < 1.29 is 4.74 Å². The molecule has 0 saturated carbocycles. The van der Waals surface area contributed by atoms with Crippen molar-refractivity contribution in [2.45, 2.75) is 72.0 Å². The van der Waals surface area contributed by atoms with Gasteiger partial charge >= 0.3 is 0 Å². The molecule has 1 N–H and O–H groups in total. The first kappa shape index (κ1) is 22.1. The molecule has 0 bridgehead atoms. The smallest absolute Gasteiger partial charge is 0.213 e. The Hall–Kier alpha value is -1.17. The highest BCUT2D eigenvalue weighted by Gasteiger charge is 2.25. The van der Waals surface area contributed by atoms with Crippen molar-refractivity contribution >= 4 is 0 Å². The molecule has 0 atom stereocenters. The zero-order chi connectivity index (χ0) is 19.9. The van der Waals surface area contributed by atoms with Gasteiger partial charge in [0.25, 0.3) is 0 Å². The first-order valence-electron chi connectivity index (χ1n) is 10.5. The van der Waals surface area contributed by atoms with E-state index in [2.05, 4.69) is 67.7 Å². The van der Waals surface area contributed by atoms with Crippen molar-refractivity contribution in [1.82, 2.24) is 20.1 Å². The van der Waals surface area contributed by atoms with Gasteiger partial charge in [-0.3, -0.25) is 4.90 Å². The van der Waals surface area contributed by atoms with Gasteiger partial charge in [0, 0.05) is 62.6 Å². The van der Waals surface area contributed by atoms with Gasteiger partial charge < -0.3 is 15.0 Å². The van der Waals surface area contributed by atoms with Crippen LogP contribution in [0.3, 0.4) is 0 Å². The highest BCUT2D eigenvalue weighted by atomic mass is 16.5. The summed E-state index contributed by atoms with van der Waals surface area (Å²) in [5, 5.41) is 3.56. The molecule has 1 aromatic rings. The summed E-state index contributed by atoms with van der Waals surface area (Å²) >= 11 is 0. The lowest BCUT2D eigenvalue weighted by Crippen LogP contribution is -2.53. The minimum atomic E-state index is 0.160. The maximum atomic E-state index is 5.83. The zero-order valence-electron chi connectivity index (χ0n) is 18.3. The van der Waals surface area contributed by atoms with E-state index in [1.807, 2.05) is 12.3 Å². The van der Waals surface area contributed by atoms with Crippen molar-refractivity contribution in [2.75, 3.05) is 39.3 Å². The lowest BCUT2D eigenvalue weighted by molar-refractivity contribution is 0.0600. The minimum absolute atomic E-state index is 0.160. The molecule has 2 rings (SSSR count). The fraction of sp³-hybridized carbons (Fsp3) is 0.773. The van der Waals surface area contributed by atoms with Crippen LogP contribution in [0.25, 0.3) is 0 Å². The van der Waals surface area contributed by atoms with E-state index in [4.69, 9.17) is 4.74 Å². The highest BCUT2D eigenvalue weighted by molar-refractivity contribution is 5.17. The lowest BCUT2D eigenvalue weighted by atomic mass is 10.0. The summed E-state index contributed by atoms with van der Waals surface area (Å²) in [7, 11) is 0. The first-order chi connectivity index (χ1) is 12.7. The van der Waals surface area contributed by atoms with Crippen LogP contribution in [0.4, 0.5) is 0 Å². The molecule has 1 aromatic heterocycles. The number of piperazine rings is 1. The molecule has 0 unspecified atom stereocenters. The van der Waals surface area contributed by atoms with E-state index in [9.17, 15) is 0 Å². The number of nitrogens with one attached hydrogen (secondary N) is 1. The Kier molecular flexibility index (Phi) is 8.07. The second-order valence-corrected chi connectivity index (χ2v) is 9.30. The molecule has 1 saturated heterocycles. The van der Waals surface area contributed by atoms with E-state index in [-0.39, 0.29) is 11.1 Å². The van der Waals surface area contributed by atoms with Crippen LogP contribution in [0.1, 0.15) is 59.9 Å². The Morgan fingerprint density at radius 1 is 1.07 bits per heavy atom. The standard InChI is InChI=1S/C22H40N4O/c1-7-22(5,6)24-18-19-9-10-20(23-17-19)27-16-8-11-25-12-14-26(15-13-25)21(2,3)4/h9-10,17,24H,7-8,11-16,18H2,1-6H3. The van der Waals surface area contributed by atoms with Crippen molar-refractivity contribution in [3.63, 3.8) is 0 Å². The second-order valence-electron chi connectivity index (χ2n) is 9.30. The first-order valence-corrected chi connectivity index (χ1v) is 10.5. The number of nitrogens with zero attached hydrogens (tertiary/aromatic N) is 3. The summed E-state index contributed by atoms with van der Waals surface area (Å²) < 4.78 is 5.83. The van der Waals surface area contributed by atoms with Crippen LogP contribution in [-0.2, 0) is 6.54 Å². The van der Waals surface area contributed by atoms with Gasteiger partial charge in [-0.15, -0.1) is 0 Å². The third-order valence-corrected chi connectivity index (χ3v) is 5.64. The predicted octanol–water partition coefficient (Wildman–Crippen LogP) is 3.54. The molecule has 0 spiro atoms. The van der Waals surface area contributed by atoms with Gasteiger partial charge in [-0.2, -0.15) is 0 Å². The fourth-order valence-corrected chi connectivity index (χ4v) is 3.17. The number of pyridine rings is 1. The minimum Gasteiger partial charge on any atom is -0.478 e. The quantitative estimate of drug-likeness (QED) is 0.668. The summed E-state index contributed by atoms with van der Waals surface area (Å²) in [5.41, 5.74) is 1.64. The molecule has 5 heteroatoms. The van der Waals surface area contributed by atoms with E-state index in [1.54, 1.807) is 0 Å². The second kappa shape index (κ2) is 9.85. The Bertz CT molecular complexity index is 542. The van der Waals surface area contributed by atoms with Crippen molar-refractivity contribution in [3.05, 3.63) is 23.9 Å². The summed E-state index contributed by atoms with van der Waals surface area (Å²) in [6, 6.07) is 4.09. The van der Waals surface area contributed by atoms with E-state index in [0.717, 1.165) is 64.6 Å². The number of ether oxygens (including phenoxy) is 1. The van der Waals surface area contributed by atoms with Crippen molar-refractivity contribution in [1.29, 1.82) is 0 Å². The molecule has 1 aliphatic rings. The van der Waals surface area contributed by atoms with Gasteiger partial charge in [-0.25, -0.2) is 4.98 Å². The van der Waals surface area contributed by atoms with Crippen LogP contribution in [-0.4, -0.2) is 65.2 Å². The van der Waals surface area contributed by atoms with E-state index in [1.165, 1.54) is 5.56 Å². The van der Waals surface area contributed by atoms with E-state index in [0.29, 0.717) is 0 Å². The third-order valence-electron chi connectivity index (χ3n) is 5.64. The molecule has 0 radical (unpaired) electrons. The van der Waals surface area contributed by atoms with Gasteiger partial charge in [0.1, 0.15) is 0 Å². The molecule has 1 fully saturated rings. The monoisotopic (exact) mass is 376 g/mol. The maximum Gasteiger partial charge on any atom is 0.213 e. The molecule has 5 nitrogen and oxygen atoms in total. The topological polar surface area (TPSA) is 40.6 Å². The highest BCUT2D eigenvalue weighted by Crippen LogP contribution is 2.16. The summed E-state index contributed by atoms with van der Waals surface area (Å²) in [6.07, 6.45) is 4.07. The SMILES string of the molecule is CCC(C)(C)NCc1ccc(OCCCN2CCN(C(C)(C)C)CC2)nc1. The summed E-state index contributed by atoms with van der Waals surface area (Å²) in [4.78, 5) is 9.56. The molecule has 1 aliphatic heterocycles. The van der Waals surface area contributed by atoms with Crippen LogP contribution in [0.15, 0.2) is 18.3 Å². The predicted molar refractivity (Wildman–Crippen MR) is 113 cm³/mol.